The van der Waals surface area contributed by atoms with Gasteiger partial charge in [0, 0.05) is 0 Å². The van der Waals surface area contributed by atoms with Crippen LogP contribution in [0, 0.1) is 0 Å². The van der Waals surface area contributed by atoms with Crippen molar-refractivity contribution in [2.45, 2.75) is 6.54 Å². The normalized spacial score (nSPS) is 14.0. The molecule has 7 heteroatoms. The second-order valence-electron chi connectivity index (χ2n) is 5.84. The molecule has 0 bridgehead atoms. The minimum absolute atomic E-state index is 0.0442. The molecule has 0 spiro atoms. The van der Waals surface area contributed by atoms with E-state index in [1.807, 2.05) is 0 Å². The lowest BCUT2D eigenvalue weighted by molar-refractivity contribution is -0.138. The molecule has 1 aliphatic heterocycles. The van der Waals surface area contributed by atoms with E-state index in [0.29, 0.717) is 22.8 Å². The van der Waals surface area contributed by atoms with Crippen LogP contribution in [0.15, 0.2) is 48.2 Å². The topological polar surface area (TPSA) is 85.3 Å². The molecule has 0 atom stereocenters. The minimum atomic E-state index is -0.736. The van der Waals surface area contributed by atoms with Crippen LogP contribution in [0.5, 0.6) is 17.2 Å². The van der Waals surface area contributed by atoms with E-state index in [2.05, 4.69) is 0 Å². The van der Waals surface area contributed by atoms with Crippen LogP contribution >= 0.6 is 0 Å². The average Bonchev–Trinajstić information content (AvgIpc) is 2.91. The summed E-state index contributed by atoms with van der Waals surface area (Å²) in [4.78, 5) is 26.2. The lowest BCUT2D eigenvalue weighted by Gasteiger charge is -2.15. The maximum Gasteiger partial charge on any atom is 0.296 e. The van der Waals surface area contributed by atoms with Gasteiger partial charge in [0.15, 0.2) is 17.3 Å². The van der Waals surface area contributed by atoms with Gasteiger partial charge in [0.05, 0.1) is 33.4 Å². The van der Waals surface area contributed by atoms with Gasteiger partial charge in [-0.1, -0.05) is 18.2 Å². The molecule has 0 fully saturated rings. The summed E-state index contributed by atoms with van der Waals surface area (Å²) in [6.45, 7) is 0.0442. The third-order valence-corrected chi connectivity index (χ3v) is 4.32. The number of aliphatic hydroxyl groups is 1. The number of aliphatic hydroxyl groups excluding tert-OH is 1. The Balaban J connectivity index is 1.89. The number of methoxy groups -OCH3 is 3. The highest BCUT2D eigenvalue weighted by Crippen LogP contribution is 2.35. The Bertz CT molecular complexity index is 917. The SMILES string of the molecule is COc1ccc(CN2C(=O)C(O)=C(c3ccc(OC)c(OC)c3)C2=O)cc1. The third kappa shape index (κ3) is 3.31. The largest absolute Gasteiger partial charge is 0.502 e. The van der Waals surface area contributed by atoms with Crippen LogP contribution in [0.25, 0.3) is 5.57 Å². The number of benzene rings is 2. The maximum atomic E-state index is 12.8. The van der Waals surface area contributed by atoms with Crippen molar-refractivity contribution < 1.29 is 28.9 Å². The van der Waals surface area contributed by atoms with Gasteiger partial charge in [0.2, 0.25) is 0 Å². The summed E-state index contributed by atoms with van der Waals surface area (Å²) in [6, 6.07) is 11.7. The van der Waals surface area contributed by atoms with Crippen molar-refractivity contribution in [3.63, 3.8) is 0 Å². The summed E-state index contributed by atoms with van der Waals surface area (Å²) in [6.07, 6.45) is 0. The molecular formula is C20H19NO6. The fraction of sp³-hybridized carbons (Fsp3) is 0.200. The van der Waals surface area contributed by atoms with Crippen LogP contribution in [0.3, 0.4) is 0 Å². The molecule has 2 aromatic carbocycles. The van der Waals surface area contributed by atoms with Gasteiger partial charge in [0.25, 0.3) is 11.8 Å². The molecule has 2 aromatic rings. The molecule has 0 radical (unpaired) electrons. The van der Waals surface area contributed by atoms with Crippen LogP contribution in [0.4, 0.5) is 0 Å². The van der Waals surface area contributed by atoms with Crippen LogP contribution in [-0.4, -0.2) is 43.2 Å². The molecule has 0 saturated carbocycles. The summed E-state index contributed by atoms with van der Waals surface area (Å²) in [5.74, 6) is -0.343. The van der Waals surface area contributed by atoms with E-state index in [4.69, 9.17) is 14.2 Å². The van der Waals surface area contributed by atoms with E-state index in [1.54, 1.807) is 49.6 Å². The van der Waals surface area contributed by atoms with Gasteiger partial charge in [-0.15, -0.1) is 0 Å². The zero-order valence-electron chi connectivity index (χ0n) is 15.2. The Morgan fingerprint density at radius 1 is 0.852 bits per heavy atom. The summed E-state index contributed by atoms with van der Waals surface area (Å²) in [5, 5.41) is 10.3. The summed E-state index contributed by atoms with van der Waals surface area (Å²) >= 11 is 0. The highest BCUT2D eigenvalue weighted by atomic mass is 16.5. The Morgan fingerprint density at radius 2 is 1.52 bits per heavy atom. The van der Waals surface area contributed by atoms with Crippen LogP contribution in [0.2, 0.25) is 0 Å². The first kappa shape index (κ1) is 18.3. The minimum Gasteiger partial charge on any atom is -0.502 e. The molecule has 3 rings (SSSR count). The highest BCUT2D eigenvalue weighted by molar-refractivity contribution is 6.34. The van der Waals surface area contributed by atoms with E-state index < -0.39 is 17.6 Å². The van der Waals surface area contributed by atoms with E-state index in [0.717, 1.165) is 10.5 Å². The van der Waals surface area contributed by atoms with Gasteiger partial charge in [-0.05, 0) is 35.4 Å². The van der Waals surface area contributed by atoms with Crippen LogP contribution in [0.1, 0.15) is 11.1 Å². The van der Waals surface area contributed by atoms with Gasteiger partial charge in [-0.25, -0.2) is 0 Å². The predicted molar refractivity (Wildman–Crippen MR) is 97.6 cm³/mol. The highest BCUT2D eigenvalue weighted by Gasteiger charge is 2.39. The van der Waals surface area contributed by atoms with Gasteiger partial charge in [-0.3, -0.25) is 14.5 Å². The Kier molecular flexibility index (Phi) is 5.03. The first-order valence-corrected chi connectivity index (χ1v) is 8.15. The zero-order chi connectivity index (χ0) is 19.6. The van der Waals surface area contributed by atoms with E-state index >= 15 is 0 Å². The maximum absolute atomic E-state index is 12.8. The van der Waals surface area contributed by atoms with Gasteiger partial charge < -0.3 is 19.3 Å². The lowest BCUT2D eigenvalue weighted by atomic mass is 10.0. The Labute approximate surface area is 156 Å². The second-order valence-corrected chi connectivity index (χ2v) is 5.84. The van der Waals surface area contributed by atoms with Gasteiger partial charge in [0.1, 0.15) is 5.75 Å². The number of hydrogen-bond donors (Lipinski definition) is 1. The molecule has 1 aliphatic rings. The first-order valence-electron chi connectivity index (χ1n) is 8.15. The number of carbonyl (C=O) groups excluding carboxylic acids is 2. The smallest absolute Gasteiger partial charge is 0.296 e. The molecule has 0 unspecified atom stereocenters. The Hall–Kier alpha value is -3.48. The molecule has 2 amide bonds. The predicted octanol–water partition coefficient (Wildman–Crippen LogP) is 2.55. The molecule has 0 saturated heterocycles. The number of rotatable bonds is 6. The quantitative estimate of drug-likeness (QED) is 0.788. The number of carbonyl (C=O) groups is 2. The van der Waals surface area contributed by atoms with E-state index in [1.165, 1.54) is 14.2 Å². The van der Waals surface area contributed by atoms with Crippen LogP contribution < -0.4 is 14.2 Å². The number of amides is 2. The van der Waals surface area contributed by atoms with Crippen molar-refractivity contribution >= 4 is 17.4 Å². The number of nitrogens with zero attached hydrogens (tertiary/aromatic N) is 1. The van der Waals surface area contributed by atoms with Gasteiger partial charge >= 0.3 is 0 Å². The van der Waals surface area contributed by atoms with Crippen molar-refractivity contribution in [2.24, 2.45) is 0 Å². The summed E-state index contributed by atoms with van der Waals surface area (Å²) in [7, 11) is 4.52. The number of ether oxygens (including phenoxy) is 3. The molecule has 27 heavy (non-hydrogen) atoms. The number of hydrogen-bond acceptors (Lipinski definition) is 6. The molecule has 0 aromatic heterocycles. The second kappa shape index (κ2) is 7.41. The fourth-order valence-electron chi connectivity index (χ4n) is 2.87. The standard InChI is InChI=1S/C20H19NO6/c1-25-14-7-4-12(5-8-14)11-21-19(23)17(18(22)20(21)24)13-6-9-15(26-2)16(10-13)27-3/h4-10,22H,11H2,1-3H3. The molecule has 0 aliphatic carbocycles. The molecular weight excluding hydrogens is 350 g/mol. The summed E-state index contributed by atoms with van der Waals surface area (Å²) in [5.41, 5.74) is 1.05. The van der Waals surface area contributed by atoms with Crippen molar-refractivity contribution in [2.75, 3.05) is 21.3 Å². The third-order valence-electron chi connectivity index (χ3n) is 4.32. The molecule has 7 nitrogen and oxygen atoms in total. The zero-order valence-corrected chi connectivity index (χ0v) is 15.2. The molecule has 1 heterocycles. The molecule has 1 N–H and O–H groups in total. The fourth-order valence-corrected chi connectivity index (χ4v) is 2.87. The lowest BCUT2D eigenvalue weighted by Crippen LogP contribution is -2.31. The van der Waals surface area contributed by atoms with Crippen molar-refractivity contribution in [3.8, 4) is 17.2 Å². The first-order chi connectivity index (χ1) is 13.0. The van der Waals surface area contributed by atoms with Crippen molar-refractivity contribution in [1.29, 1.82) is 0 Å². The van der Waals surface area contributed by atoms with Crippen LogP contribution in [-0.2, 0) is 16.1 Å². The summed E-state index contributed by atoms with van der Waals surface area (Å²) < 4.78 is 15.5. The van der Waals surface area contributed by atoms with E-state index in [-0.39, 0.29) is 12.1 Å². The Morgan fingerprint density at radius 3 is 2.11 bits per heavy atom. The van der Waals surface area contributed by atoms with E-state index in [9.17, 15) is 14.7 Å². The van der Waals surface area contributed by atoms with Crippen molar-refractivity contribution in [1.82, 2.24) is 4.90 Å². The molecule has 140 valence electrons. The number of imide groups is 1. The van der Waals surface area contributed by atoms with Gasteiger partial charge in [-0.2, -0.15) is 0 Å². The average molecular weight is 369 g/mol. The monoisotopic (exact) mass is 369 g/mol. The van der Waals surface area contributed by atoms with Crippen molar-refractivity contribution in [3.05, 3.63) is 59.4 Å².